The Labute approximate surface area is 135 Å². The summed E-state index contributed by atoms with van der Waals surface area (Å²) in [5.41, 5.74) is 1.26. The fraction of sp³-hybridized carbons (Fsp3) is 0.500. The molecule has 1 heterocycles. The van der Waals surface area contributed by atoms with E-state index in [0.717, 1.165) is 10.2 Å². The minimum atomic E-state index is -0.816. The molecule has 1 aromatic carbocycles. The van der Waals surface area contributed by atoms with Gasteiger partial charge in [0.15, 0.2) is 5.13 Å². The highest BCUT2D eigenvalue weighted by Crippen LogP contribution is 2.26. The molecule has 6 heteroatoms. The molecule has 0 unspecified atom stereocenters. The number of nitrogens with zero attached hydrogens (tertiary/aromatic N) is 2. The van der Waals surface area contributed by atoms with Gasteiger partial charge in [0.1, 0.15) is 0 Å². The fourth-order valence-corrected chi connectivity index (χ4v) is 3.25. The zero-order chi connectivity index (χ0) is 16.3. The summed E-state index contributed by atoms with van der Waals surface area (Å²) in [6.07, 6.45) is 0. The van der Waals surface area contributed by atoms with E-state index < -0.39 is 5.60 Å². The number of likely N-dealkylation sites (N-methyl/N-ethyl adjacent to an activating group) is 1. The number of rotatable bonds is 6. The van der Waals surface area contributed by atoms with E-state index in [4.69, 9.17) is 0 Å². The molecule has 0 spiro atoms. The third-order valence-electron chi connectivity index (χ3n) is 3.22. The first-order chi connectivity index (χ1) is 10.3. The first-order valence-electron chi connectivity index (χ1n) is 7.38. The van der Waals surface area contributed by atoms with E-state index in [1.165, 1.54) is 16.9 Å². The number of amides is 1. The third kappa shape index (κ3) is 4.76. The number of carbonyl (C=O) groups excluding carboxylic acids is 1. The van der Waals surface area contributed by atoms with E-state index in [2.05, 4.69) is 16.4 Å². The first-order valence-corrected chi connectivity index (χ1v) is 8.20. The fourth-order valence-electron chi connectivity index (χ4n) is 2.27. The van der Waals surface area contributed by atoms with Crippen molar-refractivity contribution < 1.29 is 9.90 Å². The van der Waals surface area contributed by atoms with E-state index in [0.29, 0.717) is 18.2 Å². The number of benzene rings is 1. The maximum Gasteiger partial charge on any atom is 0.240 e. The Morgan fingerprint density at radius 3 is 2.82 bits per heavy atom. The third-order valence-corrected chi connectivity index (χ3v) is 4.15. The minimum absolute atomic E-state index is 0.109. The standard InChI is InChI=1S/C16H23N3O2S/c1-5-19(10-16(3,4)21)9-14(20)18-15-17-12-7-6-11(2)8-13(12)22-15/h6-8,21H,5,9-10H2,1-4H3,(H,17,18,20). The van der Waals surface area contributed by atoms with Crippen LogP contribution in [0.1, 0.15) is 26.3 Å². The quantitative estimate of drug-likeness (QED) is 0.858. The van der Waals surface area contributed by atoms with Gasteiger partial charge in [-0.3, -0.25) is 9.69 Å². The smallest absolute Gasteiger partial charge is 0.240 e. The number of aryl methyl sites for hydroxylation is 1. The Hall–Kier alpha value is -1.50. The largest absolute Gasteiger partial charge is 0.389 e. The van der Waals surface area contributed by atoms with Gasteiger partial charge in [-0.15, -0.1) is 0 Å². The highest BCUT2D eigenvalue weighted by molar-refractivity contribution is 7.22. The summed E-state index contributed by atoms with van der Waals surface area (Å²) in [5.74, 6) is -0.109. The van der Waals surface area contributed by atoms with Crippen LogP contribution in [0.4, 0.5) is 5.13 Å². The van der Waals surface area contributed by atoms with E-state index in [9.17, 15) is 9.90 Å². The molecule has 120 valence electrons. The molecule has 0 bridgehead atoms. The number of aromatic nitrogens is 1. The minimum Gasteiger partial charge on any atom is -0.389 e. The lowest BCUT2D eigenvalue weighted by molar-refractivity contribution is -0.117. The number of carbonyl (C=O) groups is 1. The monoisotopic (exact) mass is 321 g/mol. The predicted octanol–water partition coefficient (Wildman–Crippen LogP) is 2.64. The Morgan fingerprint density at radius 1 is 1.45 bits per heavy atom. The van der Waals surface area contributed by atoms with E-state index in [1.54, 1.807) is 13.8 Å². The molecule has 1 amide bonds. The van der Waals surface area contributed by atoms with Gasteiger partial charge in [0.2, 0.25) is 5.91 Å². The lowest BCUT2D eigenvalue weighted by Gasteiger charge is -2.27. The number of nitrogens with one attached hydrogen (secondary N) is 1. The molecule has 0 fully saturated rings. The molecule has 0 saturated heterocycles. The van der Waals surface area contributed by atoms with Gasteiger partial charge in [0, 0.05) is 6.54 Å². The van der Waals surface area contributed by atoms with Gasteiger partial charge in [-0.2, -0.15) is 0 Å². The van der Waals surface area contributed by atoms with Crippen LogP contribution in [0, 0.1) is 6.92 Å². The highest BCUT2D eigenvalue weighted by Gasteiger charge is 2.19. The summed E-state index contributed by atoms with van der Waals surface area (Å²) >= 11 is 1.48. The van der Waals surface area contributed by atoms with Gasteiger partial charge >= 0.3 is 0 Å². The summed E-state index contributed by atoms with van der Waals surface area (Å²) in [4.78, 5) is 18.5. The van der Waals surface area contributed by atoms with Crippen molar-refractivity contribution in [2.45, 2.75) is 33.3 Å². The molecule has 0 atom stereocenters. The lowest BCUT2D eigenvalue weighted by atomic mass is 10.1. The zero-order valence-electron chi connectivity index (χ0n) is 13.5. The van der Waals surface area contributed by atoms with Crippen molar-refractivity contribution in [3.05, 3.63) is 23.8 Å². The Bertz CT molecular complexity index is 661. The summed E-state index contributed by atoms with van der Waals surface area (Å²) in [5, 5.41) is 13.3. The van der Waals surface area contributed by atoms with Gasteiger partial charge in [0.25, 0.3) is 0 Å². The van der Waals surface area contributed by atoms with Crippen molar-refractivity contribution in [3.8, 4) is 0 Å². The van der Waals surface area contributed by atoms with Crippen molar-refractivity contribution >= 4 is 32.6 Å². The summed E-state index contributed by atoms with van der Waals surface area (Å²) in [7, 11) is 0. The first kappa shape index (κ1) is 16.9. The van der Waals surface area contributed by atoms with Crippen LogP contribution in [-0.4, -0.2) is 46.1 Å². The molecule has 5 nitrogen and oxygen atoms in total. The Kier molecular flexibility index (Phi) is 5.16. The van der Waals surface area contributed by atoms with Crippen LogP contribution in [0.5, 0.6) is 0 Å². The molecule has 2 aromatic rings. The highest BCUT2D eigenvalue weighted by atomic mass is 32.1. The zero-order valence-corrected chi connectivity index (χ0v) is 14.3. The van der Waals surface area contributed by atoms with Crippen LogP contribution in [0.15, 0.2) is 18.2 Å². The molecule has 0 saturated carbocycles. The Balaban J connectivity index is 2.00. The number of hydrogen-bond donors (Lipinski definition) is 2. The number of thiazole rings is 1. The summed E-state index contributed by atoms with van der Waals surface area (Å²) in [6, 6.07) is 6.04. The summed E-state index contributed by atoms with van der Waals surface area (Å²) < 4.78 is 1.07. The van der Waals surface area contributed by atoms with Crippen molar-refractivity contribution in [2.75, 3.05) is 25.0 Å². The molecule has 0 aliphatic heterocycles. The van der Waals surface area contributed by atoms with Crippen molar-refractivity contribution in [1.82, 2.24) is 9.88 Å². The number of hydrogen-bond acceptors (Lipinski definition) is 5. The molecular formula is C16H23N3O2S. The molecule has 1 aromatic heterocycles. The molecule has 2 rings (SSSR count). The maximum absolute atomic E-state index is 12.1. The number of anilines is 1. The number of fused-ring (bicyclic) bond motifs is 1. The normalized spacial score (nSPS) is 12.1. The van der Waals surface area contributed by atoms with E-state index in [-0.39, 0.29) is 12.5 Å². The van der Waals surface area contributed by atoms with Crippen LogP contribution in [0.2, 0.25) is 0 Å². The lowest BCUT2D eigenvalue weighted by Crippen LogP contribution is -2.42. The van der Waals surface area contributed by atoms with E-state index >= 15 is 0 Å². The second kappa shape index (κ2) is 6.73. The second-order valence-electron chi connectivity index (χ2n) is 6.15. The van der Waals surface area contributed by atoms with Crippen LogP contribution in [0.25, 0.3) is 10.2 Å². The SMILES string of the molecule is CCN(CC(=O)Nc1nc2ccc(C)cc2s1)CC(C)(C)O. The topological polar surface area (TPSA) is 65.5 Å². The van der Waals surface area contributed by atoms with Gasteiger partial charge in [-0.1, -0.05) is 24.3 Å². The molecule has 0 aliphatic carbocycles. The van der Waals surface area contributed by atoms with Crippen LogP contribution < -0.4 is 5.32 Å². The molecular weight excluding hydrogens is 298 g/mol. The average Bonchev–Trinajstić information content (AvgIpc) is 2.77. The second-order valence-corrected chi connectivity index (χ2v) is 7.18. The van der Waals surface area contributed by atoms with Crippen molar-refractivity contribution in [3.63, 3.8) is 0 Å². The molecule has 2 N–H and O–H groups in total. The maximum atomic E-state index is 12.1. The summed E-state index contributed by atoms with van der Waals surface area (Å²) in [6.45, 7) is 8.89. The van der Waals surface area contributed by atoms with E-state index in [1.807, 2.05) is 30.9 Å². The van der Waals surface area contributed by atoms with Gasteiger partial charge in [0.05, 0.1) is 22.4 Å². The van der Waals surface area contributed by atoms with Gasteiger partial charge < -0.3 is 10.4 Å². The van der Waals surface area contributed by atoms with Crippen LogP contribution >= 0.6 is 11.3 Å². The van der Waals surface area contributed by atoms with Gasteiger partial charge in [-0.05, 0) is 45.0 Å². The van der Waals surface area contributed by atoms with Crippen molar-refractivity contribution in [1.29, 1.82) is 0 Å². The molecule has 0 aliphatic rings. The molecule has 22 heavy (non-hydrogen) atoms. The van der Waals surface area contributed by atoms with Crippen LogP contribution in [-0.2, 0) is 4.79 Å². The number of aliphatic hydroxyl groups is 1. The average molecular weight is 321 g/mol. The predicted molar refractivity (Wildman–Crippen MR) is 91.4 cm³/mol. The van der Waals surface area contributed by atoms with Crippen LogP contribution in [0.3, 0.4) is 0 Å². The van der Waals surface area contributed by atoms with Gasteiger partial charge in [-0.25, -0.2) is 4.98 Å². The van der Waals surface area contributed by atoms with Crippen molar-refractivity contribution in [2.24, 2.45) is 0 Å². The Morgan fingerprint density at radius 2 is 2.18 bits per heavy atom. The molecule has 0 radical (unpaired) electrons.